The predicted octanol–water partition coefficient (Wildman–Crippen LogP) is 2.91. The van der Waals surface area contributed by atoms with E-state index in [0.717, 1.165) is 17.9 Å². The Labute approximate surface area is 109 Å². The van der Waals surface area contributed by atoms with Crippen molar-refractivity contribution in [3.05, 3.63) is 23.7 Å². The van der Waals surface area contributed by atoms with Crippen LogP contribution in [-0.2, 0) is 11.3 Å². The number of carboxylic acids is 1. The van der Waals surface area contributed by atoms with Gasteiger partial charge in [-0.2, -0.15) is 0 Å². The minimum absolute atomic E-state index is 0.524. The van der Waals surface area contributed by atoms with Crippen LogP contribution in [0.1, 0.15) is 38.2 Å². The minimum Gasteiger partial charge on any atom is -0.481 e. The number of rotatable bonds is 7. The van der Waals surface area contributed by atoms with E-state index in [0.29, 0.717) is 19.5 Å². The second-order valence-electron chi connectivity index (χ2n) is 5.30. The van der Waals surface area contributed by atoms with E-state index in [2.05, 4.69) is 0 Å². The Kier molecular flexibility index (Phi) is 4.96. The van der Waals surface area contributed by atoms with Gasteiger partial charge in [-0.05, 0) is 39.4 Å². The first-order valence-corrected chi connectivity index (χ1v) is 6.34. The summed E-state index contributed by atoms with van der Waals surface area (Å²) in [7, 11) is 1.93. The number of hydrogen-bond donors (Lipinski definition) is 1. The van der Waals surface area contributed by atoms with Crippen molar-refractivity contribution >= 4 is 5.97 Å². The van der Waals surface area contributed by atoms with Gasteiger partial charge in [-0.1, -0.05) is 13.3 Å². The molecule has 1 aromatic rings. The third kappa shape index (κ3) is 3.88. The van der Waals surface area contributed by atoms with E-state index in [-0.39, 0.29) is 0 Å². The summed E-state index contributed by atoms with van der Waals surface area (Å²) in [5.74, 6) is 1.03. The van der Waals surface area contributed by atoms with E-state index in [1.807, 2.05) is 44.9 Å². The normalized spacial score (nSPS) is 14.7. The summed E-state index contributed by atoms with van der Waals surface area (Å²) >= 11 is 0. The molecule has 0 saturated carbocycles. The van der Waals surface area contributed by atoms with Crippen molar-refractivity contribution in [1.29, 1.82) is 0 Å². The number of carboxylic acid groups (broad SMARTS) is 1. The zero-order valence-electron chi connectivity index (χ0n) is 11.7. The van der Waals surface area contributed by atoms with Crippen molar-refractivity contribution in [2.75, 3.05) is 13.6 Å². The lowest BCUT2D eigenvalue weighted by molar-refractivity contribution is -0.149. The van der Waals surface area contributed by atoms with E-state index in [9.17, 15) is 9.90 Å². The molecule has 18 heavy (non-hydrogen) atoms. The zero-order chi connectivity index (χ0) is 13.8. The maximum Gasteiger partial charge on any atom is 0.310 e. The van der Waals surface area contributed by atoms with Crippen molar-refractivity contribution in [2.24, 2.45) is 5.41 Å². The molecule has 0 aromatic carbocycles. The van der Waals surface area contributed by atoms with Crippen LogP contribution in [0.25, 0.3) is 0 Å². The van der Waals surface area contributed by atoms with Gasteiger partial charge < -0.3 is 9.52 Å². The summed E-state index contributed by atoms with van der Waals surface area (Å²) in [6.45, 7) is 6.89. The fourth-order valence-corrected chi connectivity index (χ4v) is 2.29. The van der Waals surface area contributed by atoms with Crippen LogP contribution in [0.3, 0.4) is 0 Å². The van der Waals surface area contributed by atoms with Gasteiger partial charge in [0, 0.05) is 6.54 Å². The smallest absolute Gasteiger partial charge is 0.310 e. The molecule has 1 N–H and O–H groups in total. The molecule has 0 fully saturated rings. The number of nitrogens with zero attached hydrogens (tertiary/aromatic N) is 1. The van der Waals surface area contributed by atoms with Crippen LogP contribution in [0.4, 0.5) is 0 Å². The van der Waals surface area contributed by atoms with Crippen LogP contribution >= 0.6 is 0 Å². The highest BCUT2D eigenvalue weighted by Gasteiger charge is 2.33. The molecule has 0 aliphatic heterocycles. The van der Waals surface area contributed by atoms with Gasteiger partial charge in [0.2, 0.25) is 0 Å². The minimum atomic E-state index is -0.730. The lowest BCUT2D eigenvalue weighted by Gasteiger charge is -2.29. The Morgan fingerprint density at radius 3 is 2.61 bits per heavy atom. The zero-order valence-corrected chi connectivity index (χ0v) is 11.7. The van der Waals surface area contributed by atoms with E-state index >= 15 is 0 Å². The van der Waals surface area contributed by atoms with Gasteiger partial charge in [-0.25, -0.2) is 0 Å². The van der Waals surface area contributed by atoms with Gasteiger partial charge in [0.1, 0.15) is 11.5 Å². The average molecular weight is 253 g/mol. The van der Waals surface area contributed by atoms with Crippen molar-refractivity contribution in [3.63, 3.8) is 0 Å². The lowest BCUT2D eigenvalue weighted by atomic mass is 9.85. The molecular formula is C14H23NO3. The number of aliphatic carboxylic acids is 1. The summed E-state index contributed by atoms with van der Waals surface area (Å²) in [5, 5.41) is 9.33. The number of aryl methyl sites for hydroxylation is 1. The van der Waals surface area contributed by atoms with E-state index in [1.54, 1.807) is 0 Å². The molecule has 1 heterocycles. The molecule has 0 radical (unpaired) electrons. The summed E-state index contributed by atoms with van der Waals surface area (Å²) in [4.78, 5) is 13.4. The molecule has 0 aliphatic rings. The third-order valence-electron chi connectivity index (χ3n) is 3.16. The molecule has 0 bridgehead atoms. The molecule has 0 spiro atoms. The Hall–Kier alpha value is -1.29. The Balaban J connectivity index is 2.61. The van der Waals surface area contributed by atoms with Crippen LogP contribution < -0.4 is 0 Å². The lowest BCUT2D eigenvalue weighted by Crippen LogP contribution is -2.39. The van der Waals surface area contributed by atoms with Crippen LogP contribution in [0.5, 0.6) is 0 Å². The largest absolute Gasteiger partial charge is 0.481 e. The Morgan fingerprint density at radius 2 is 2.17 bits per heavy atom. The number of furan rings is 1. The molecule has 0 aliphatic carbocycles. The van der Waals surface area contributed by atoms with E-state index in [1.165, 1.54) is 0 Å². The van der Waals surface area contributed by atoms with Gasteiger partial charge in [0.15, 0.2) is 0 Å². The molecule has 4 nitrogen and oxygen atoms in total. The molecule has 1 atom stereocenters. The van der Waals surface area contributed by atoms with Crippen LogP contribution in [0.15, 0.2) is 16.5 Å². The SMILES string of the molecule is CCCC(C)(CN(C)Cc1ccc(C)o1)C(=O)O. The van der Waals surface area contributed by atoms with Crippen molar-refractivity contribution in [2.45, 2.75) is 40.2 Å². The summed E-state index contributed by atoms with van der Waals surface area (Å²) in [5.41, 5.74) is -0.689. The monoisotopic (exact) mass is 253 g/mol. The van der Waals surface area contributed by atoms with Crippen molar-refractivity contribution in [3.8, 4) is 0 Å². The number of hydrogen-bond acceptors (Lipinski definition) is 3. The first kappa shape index (κ1) is 14.8. The molecule has 4 heteroatoms. The molecule has 1 unspecified atom stereocenters. The first-order chi connectivity index (χ1) is 8.37. The average Bonchev–Trinajstić information content (AvgIpc) is 2.63. The van der Waals surface area contributed by atoms with Crippen molar-refractivity contribution in [1.82, 2.24) is 4.90 Å². The highest BCUT2D eigenvalue weighted by Crippen LogP contribution is 2.25. The quantitative estimate of drug-likeness (QED) is 0.811. The summed E-state index contributed by atoms with van der Waals surface area (Å²) in [6.07, 6.45) is 1.56. The summed E-state index contributed by atoms with van der Waals surface area (Å²) < 4.78 is 5.50. The first-order valence-electron chi connectivity index (χ1n) is 6.34. The second kappa shape index (κ2) is 6.05. The van der Waals surface area contributed by atoms with Gasteiger partial charge >= 0.3 is 5.97 Å². The fourth-order valence-electron chi connectivity index (χ4n) is 2.29. The predicted molar refractivity (Wildman–Crippen MR) is 70.4 cm³/mol. The molecular weight excluding hydrogens is 230 g/mol. The summed E-state index contributed by atoms with van der Waals surface area (Å²) in [6, 6.07) is 3.86. The van der Waals surface area contributed by atoms with E-state index in [4.69, 9.17) is 4.42 Å². The van der Waals surface area contributed by atoms with Crippen LogP contribution in [-0.4, -0.2) is 29.6 Å². The molecule has 1 aromatic heterocycles. The third-order valence-corrected chi connectivity index (χ3v) is 3.16. The maximum atomic E-state index is 11.4. The topological polar surface area (TPSA) is 53.7 Å². The molecule has 1 rings (SSSR count). The Morgan fingerprint density at radius 1 is 1.50 bits per heavy atom. The van der Waals surface area contributed by atoms with Gasteiger partial charge in [-0.3, -0.25) is 9.69 Å². The van der Waals surface area contributed by atoms with E-state index < -0.39 is 11.4 Å². The standard InChI is InChI=1S/C14H23NO3/c1-5-8-14(3,13(16)17)10-15(4)9-12-7-6-11(2)18-12/h6-7H,5,8-10H2,1-4H3,(H,16,17). The van der Waals surface area contributed by atoms with Crippen LogP contribution in [0, 0.1) is 12.3 Å². The van der Waals surface area contributed by atoms with Gasteiger partial charge in [0.25, 0.3) is 0 Å². The molecule has 0 saturated heterocycles. The van der Waals surface area contributed by atoms with Gasteiger partial charge in [0.05, 0.1) is 12.0 Å². The van der Waals surface area contributed by atoms with Crippen LogP contribution in [0.2, 0.25) is 0 Å². The maximum absolute atomic E-state index is 11.4. The molecule has 102 valence electrons. The van der Waals surface area contributed by atoms with Gasteiger partial charge in [-0.15, -0.1) is 0 Å². The highest BCUT2D eigenvalue weighted by molar-refractivity contribution is 5.74. The van der Waals surface area contributed by atoms with Crippen molar-refractivity contribution < 1.29 is 14.3 Å². The Bertz CT molecular complexity index is 399. The number of carbonyl (C=O) groups is 1. The molecule has 0 amide bonds. The fraction of sp³-hybridized carbons (Fsp3) is 0.643. The second-order valence-corrected chi connectivity index (χ2v) is 5.30. The highest BCUT2D eigenvalue weighted by atomic mass is 16.4.